The van der Waals surface area contributed by atoms with Crippen LogP contribution in [0.25, 0.3) is 0 Å². The Morgan fingerprint density at radius 3 is 2.39 bits per heavy atom. The Morgan fingerprint density at radius 1 is 1.06 bits per heavy atom. The Kier molecular flexibility index (Phi) is 7.70. The molecule has 0 unspecified atom stereocenters. The van der Waals surface area contributed by atoms with E-state index in [1.54, 1.807) is 30.1 Å². The molecule has 1 saturated heterocycles. The average Bonchev–Trinajstić information content (AvgIpc) is 2.83. The predicted octanol–water partition coefficient (Wildman–Crippen LogP) is 3.99. The molecule has 7 nitrogen and oxygen atoms in total. The number of amides is 1. The van der Waals surface area contributed by atoms with E-state index < -0.39 is 0 Å². The van der Waals surface area contributed by atoms with E-state index in [4.69, 9.17) is 4.74 Å². The van der Waals surface area contributed by atoms with Gasteiger partial charge in [0.2, 0.25) is 0 Å². The van der Waals surface area contributed by atoms with E-state index in [-0.39, 0.29) is 5.91 Å². The largest absolute Gasteiger partial charge is 0.378 e. The lowest BCUT2D eigenvalue weighted by atomic mass is 10.1. The molecule has 1 amide bonds. The molecule has 1 fully saturated rings. The molecule has 2 aromatic carbocycles. The van der Waals surface area contributed by atoms with Gasteiger partial charge in [-0.1, -0.05) is 36.0 Å². The fourth-order valence-corrected chi connectivity index (χ4v) is 4.39. The summed E-state index contributed by atoms with van der Waals surface area (Å²) < 4.78 is 5.39. The van der Waals surface area contributed by atoms with Crippen molar-refractivity contribution in [1.29, 1.82) is 0 Å². The van der Waals surface area contributed by atoms with Crippen molar-refractivity contribution in [2.45, 2.75) is 24.8 Å². The van der Waals surface area contributed by atoms with Gasteiger partial charge in [-0.05, 0) is 55.3 Å². The van der Waals surface area contributed by atoms with Crippen LogP contribution in [0.4, 0.5) is 5.69 Å². The van der Waals surface area contributed by atoms with Gasteiger partial charge in [-0.25, -0.2) is 15.4 Å². The van der Waals surface area contributed by atoms with Gasteiger partial charge in [0.1, 0.15) is 0 Å². The van der Waals surface area contributed by atoms with Gasteiger partial charge in [0, 0.05) is 41.5 Å². The normalized spacial score (nSPS) is 13.9. The number of nitrogens with one attached hydrogen (secondary N) is 1. The van der Waals surface area contributed by atoms with E-state index >= 15 is 0 Å². The summed E-state index contributed by atoms with van der Waals surface area (Å²) in [5.74, 6) is 0.497. The second-order valence-corrected chi connectivity index (χ2v) is 8.75. The van der Waals surface area contributed by atoms with E-state index in [0.717, 1.165) is 59.7 Å². The van der Waals surface area contributed by atoms with Crippen LogP contribution >= 0.6 is 11.8 Å². The molecule has 0 atom stereocenters. The third kappa shape index (κ3) is 6.63. The second-order valence-electron chi connectivity index (χ2n) is 7.81. The smallest absolute Gasteiger partial charge is 0.271 e. The maximum atomic E-state index is 12.4. The predicted molar refractivity (Wildman–Crippen MR) is 132 cm³/mol. The van der Waals surface area contributed by atoms with Crippen LogP contribution in [-0.4, -0.2) is 48.4 Å². The van der Waals surface area contributed by atoms with Crippen LogP contribution in [0.3, 0.4) is 0 Å². The van der Waals surface area contributed by atoms with Crippen LogP contribution in [0.2, 0.25) is 0 Å². The van der Waals surface area contributed by atoms with Crippen LogP contribution < -0.4 is 10.3 Å². The quantitative estimate of drug-likeness (QED) is 0.248. The lowest BCUT2D eigenvalue weighted by Gasteiger charge is -2.28. The summed E-state index contributed by atoms with van der Waals surface area (Å²) >= 11 is 1.58. The van der Waals surface area contributed by atoms with E-state index in [9.17, 15) is 4.79 Å². The molecule has 0 spiro atoms. The summed E-state index contributed by atoms with van der Waals surface area (Å²) in [6.07, 6.45) is 1.65. The van der Waals surface area contributed by atoms with Gasteiger partial charge in [0.15, 0.2) is 5.16 Å². The molecule has 0 radical (unpaired) electrons. The zero-order chi connectivity index (χ0) is 23.0. The Bertz CT molecular complexity index is 1090. The van der Waals surface area contributed by atoms with Gasteiger partial charge in [0.05, 0.1) is 19.4 Å². The van der Waals surface area contributed by atoms with Crippen LogP contribution in [0.5, 0.6) is 0 Å². The van der Waals surface area contributed by atoms with Crippen LogP contribution in [-0.2, 0) is 10.5 Å². The topological polar surface area (TPSA) is 79.7 Å². The van der Waals surface area contributed by atoms with Crippen molar-refractivity contribution in [1.82, 2.24) is 15.4 Å². The van der Waals surface area contributed by atoms with Crippen LogP contribution in [0.15, 0.2) is 64.9 Å². The van der Waals surface area contributed by atoms with Gasteiger partial charge in [-0.3, -0.25) is 4.79 Å². The van der Waals surface area contributed by atoms with Crippen molar-refractivity contribution in [3.05, 3.63) is 82.7 Å². The van der Waals surface area contributed by atoms with E-state index in [1.165, 1.54) is 5.69 Å². The molecule has 2 heterocycles. The minimum absolute atomic E-state index is 0.243. The average molecular weight is 462 g/mol. The fourth-order valence-electron chi connectivity index (χ4n) is 3.48. The molecule has 3 aromatic rings. The molecule has 33 heavy (non-hydrogen) atoms. The summed E-state index contributed by atoms with van der Waals surface area (Å²) in [6, 6.07) is 17.6. The number of hydrazone groups is 1. The fraction of sp³-hybridized carbons (Fsp3) is 0.280. The first-order valence-corrected chi connectivity index (χ1v) is 11.9. The van der Waals surface area contributed by atoms with Crippen LogP contribution in [0.1, 0.15) is 32.9 Å². The summed E-state index contributed by atoms with van der Waals surface area (Å²) in [6.45, 7) is 7.26. The molecule has 4 rings (SSSR count). The van der Waals surface area contributed by atoms with Crippen molar-refractivity contribution in [3.8, 4) is 0 Å². The first-order valence-electron chi connectivity index (χ1n) is 10.9. The van der Waals surface area contributed by atoms with Crippen molar-refractivity contribution < 1.29 is 9.53 Å². The van der Waals surface area contributed by atoms with Gasteiger partial charge < -0.3 is 9.64 Å². The summed E-state index contributed by atoms with van der Waals surface area (Å²) in [5, 5.41) is 4.86. The lowest BCUT2D eigenvalue weighted by molar-refractivity contribution is 0.0955. The number of benzene rings is 2. The molecule has 0 bridgehead atoms. The summed E-state index contributed by atoms with van der Waals surface area (Å²) in [7, 11) is 0. The Labute approximate surface area is 198 Å². The number of anilines is 1. The second kappa shape index (κ2) is 11.1. The van der Waals surface area contributed by atoms with E-state index in [1.807, 2.05) is 44.2 Å². The molecule has 1 aliphatic heterocycles. The van der Waals surface area contributed by atoms with Crippen LogP contribution in [0, 0.1) is 13.8 Å². The van der Waals surface area contributed by atoms with Gasteiger partial charge in [0.25, 0.3) is 5.91 Å². The molecule has 0 aliphatic carbocycles. The molecule has 170 valence electrons. The molecule has 8 heteroatoms. The number of aryl methyl sites for hydroxylation is 2. The first kappa shape index (κ1) is 22.9. The van der Waals surface area contributed by atoms with Crippen molar-refractivity contribution in [2.75, 3.05) is 31.2 Å². The summed E-state index contributed by atoms with van der Waals surface area (Å²) in [5.41, 5.74) is 8.27. The highest BCUT2D eigenvalue weighted by molar-refractivity contribution is 7.98. The molecule has 0 saturated carbocycles. The number of aromatic nitrogens is 2. The number of ether oxygens (including phenoxy) is 1. The van der Waals surface area contributed by atoms with Gasteiger partial charge >= 0.3 is 0 Å². The maximum Gasteiger partial charge on any atom is 0.271 e. The minimum Gasteiger partial charge on any atom is -0.378 e. The molecular weight excluding hydrogens is 434 g/mol. The summed E-state index contributed by atoms with van der Waals surface area (Å²) in [4.78, 5) is 23.6. The monoisotopic (exact) mass is 461 g/mol. The Morgan fingerprint density at radius 2 is 1.73 bits per heavy atom. The van der Waals surface area contributed by atoms with Crippen molar-refractivity contribution in [2.24, 2.45) is 5.10 Å². The third-order valence-corrected chi connectivity index (χ3v) is 6.11. The lowest BCUT2D eigenvalue weighted by Crippen LogP contribution is -2.36. The molecule has 1 N–H and O–H groups in total. The number of thioether (sulfide) groups is 1. The number of hydrogen-bond acceptors (Lipinski definition) is 7. The SMILES string of the molecule is Cc1cc(C)nc(SCc2ccc(C(=O)NN=Cc3ccc(N4CCOCC4)cc3)cc2)n1. The first-order chi connectivity index (χ1) is 16.1. The Hall–Kier alpha value is -3.23. The van der Waals surface area contributed by atoms with E-state index in [2.05, 4.69) is 37.5 Å². The zero-order valence-electron chi connectivity index (χ0n) is 18.8. The number of nitrogens with zero attached hydrogens (tertiary/aromatic N) is 4. The van der Waals surface area contributed by atoms with Gasteiger partial charge in [-0.15, -0.1) is 0 Å². The number of morpholine rings is 1. The number of hydrogen-bond donors (Lipinski definition) is 1. The van der Waals surface area contributed by atoms with Gasteiger partial charge in [-0.2, -0.15) is 5.10 Å². The molecule has 1 aliphatic rings. The standard InChI is InChI=1S/C25H27N5O2S/c1-18-15-19(2)28-25(27-18)33-17-21-3-7-22(8-4-21)24(31)29-26-16-20-5-9-23(10-6-20)30-11-13-32-14-12-30/h3-10,15-16H,11-14,17H2,1-2H3,(H,29,31). The third-order valence-electron chi connectivity index (χ3n) is 5.19. The highest BCUT2D eigenvalue weighted by atomic mass is 32.2. The number of carbonyl (C=O) groups is 1. The molecule has 1 aromatic heterocycles. The maximum absolute atomic E-state index is 12.4. The Balaban J connectivity index is 1.27. The zero-order valence-corrected chi connectivity index (χ0v) is 19.6. The molecular formula is C25H27N5O2S. The van der Waals surface area contributed by atoms with Crippen molar-refractivity contribution >= 4 is 29.6 Å². The highest BCUT2D eigenvalue weighted by Gasteiger charge is 2.10. The minimum atomic E-state index is -0.243. The number of rotatable bonds is 7. The van der Waals surface area contributed by atoms with E-state index in [0.29, 0.717) is 5.56 Å². The highest BCUT2D eigenvalue weighted by Crippen LogP contribution is 2.20. The van der Waals surface area contributed by atoms with Crippen molar-refractivity contribution in [3.63, 3.8) is 0 Å². The number of carbonyl (C=O) groups excluding carboxylic acids is 1.